The molecule has 20 heavy (non-hydrogen) atoms. The number of methoxy groups -OCH3 is 1. The zero-order chi connectivity index (χ0) is 14.7. The van der Waals surface area contributed by atoms with Gasteiger partial charge in [0.05, 0.1) is 7.11 Å². The molecule has 1 heterocycles. The van der Waals surface area contributed by atoms with Gasteiger partial charge in [-0.15, -0.1) is 11.3 Å². The summed E-state index contributed by atoms with van der Waals surface area (Å²) in [5.74, 6) is 1.61. The molecular formula is C17H25NOS. The molecule has 0 aliphatic heterocycles. The lowest BCUT2D eigenvalue weighted by Crippen LogP contribution is -2.21. The average molecular weight is 291 g/mol. The monoisotopic (exact) mass is 291 g/mol. The molecule has 0 unspecified atom stereocenters. The van der Waals surface area contributed by atoms with Crippen LogP contribution in [0.5, 0.6) is 5.75 Å². The smallest absolute Gasteiger partial charge is 0.119 e. The third-order valence-electron chi connectivity index (χ3n) is 3.36. The van der Waals surface area contributed by atoms with Gasteiger partial charge in [-0.25, -0.2) is 0 Å². The van der Waals surface area contributed by atoms with E-state index in [9.17, 15) is 0 Å². The quantitative estimate of drug-likeness (QED) is 0.839. The Kier molecular flexibility index (Phi) is 5.06. The minimum Gasteiger partial charge on any atom is -0.497 e. The van der Waals surface area contributed by atoms with Crippen LogP contribution in [0.15, 0.2) is 18.2 Å². The first-order valence-corrected chi connectivity index (χ1v) is 8.14. The molecule has 0 bridgehead atoms. The first kappa shape index (κ1) is 15.3. The topological polar surface area (TPSA) is 21.3 Å². The second-order valence-corrected chi connectivity index (χ2v) is 7.14. The number of fused-ring (bicyclic) bond motifs is 1. The molecule has 1 N–H and O–H groups in total. The van der Waals surface area contributed by atoms with Gasteiger partial charge in [-0.2, -0.15) is 0 Å². The van der Waals surface area contributed by atoms with E-state index >= 15 is 0 Å². The van der Waals surface area contributed by atoms with Gasteiger partial charge in [-0.1, -0.05) is 27.7 Å². The summed E-state index contributed by atoms with van der Waals surface area (Å²) >= 11 is 1.91. The Morgan fingerprint density at radius 3 is 2.55 bits per heavy atom. The Bertz CT molecular complexity index is 572. The third kappa shape index (κ3) is 3.53. The van der Waals surface area contributed by atoms with E-state index in [0.29, 0.717) is 12.0 Å². The van der Waals surface area contributed by atoms with Gasteiger partial charge < -0.3 is 10.1 Å². The Labute approximate surface area is 126 Å². The summed E-state index contributed by atoms with van der Waals surface area (Å²) in [4.78, 5) is 1.47. The van der Waals surface area contributed by atoms with Gasteiger partial charge >= 0.3 is 0 Å². The third-order valence-corrected chi connectivity index (χ3v) is 4.58. The van der Waals surface area contributed by atoms with Crippen LogP contribution in [0.2, 0.25) is 0 Å². The molecule has 3 heteroatoms. The molecule has 2 rings (SSSR count). The highest BCUT2D eigenvalue weighted by Gasteiger charge is 2.14. The fourth-order valence-electron chi connectivity index (χ4n) is 2.38. The van der Waals surface area contributed by atoms with Gasteiger partial charge in [0, 0.05) is 22.2 Å². The van der Waals surface area contributed by atoms with Crippen LogP contribution in [0.25, 0.3) is 10.1 Å². The molecule has 0 saturated heterocycles. The molecule has 1 aromatic carbocycles. The summed E-state index contributed by atoms with van der Waals surface area (Å²) in [6.45, 7) is 9.91. The van der Waals surface area contributed by atoms with E-state index in [1.54, 1.807) is 7.11 Å². The fourth-order valence-corrected chi connectivity index (χ4v) is 3.54. The zero-order valence-electron chi connectivity index (χ0n) is 13.1. The predicted octanol–water partition coefficient (Wildman–Crippen LogP) is 4.61. The normalized spacial score (nSPS) is 11.8. The molecule has 0 aliphatic carbocycles. The van der Waals surface area contributed by atoms with Crippen molar-refractivity contribution in [1.29, 1.82) is 0 Å². The Balaban J connectivity index is 2.43. The maximum Gasteiger partial charge on any atom is 0.119 e. The fraction of sp³-hybridized carbons (Fsp3) is 0.529. The molecular weight excluding hydrogens is 266 g/mol. The highest BCUT2D eigenvalue weighted by atomic mass is 32.1. The van der Waals surface area contributed by atoms with Crippen LogP contribution in [-0.2, 0) is 13.0 Å². The SMILES string of the molecule is COc1ccc2sc(CNC(C)C)c(CC(C)C)c2c1. The summed E-state index contributed by atoms with van der Waals surface area (Å²) in [6.07, 6.45) is 1.13. The molecule has 0 spiro atoms. The van der Waals surface area contributed by atoms with E-state index in [4.69, 9.17) is 4.74 Å². The number of nitrogens with one attached hydrogen (secondary N) is 1. The van der Waals surface area contributed by atoms with E-state index in [0.717, 1.165) is 18.7 Å². The lowest BCUT2D eigenvalue weighted by atomic mass is 9.99. The van der Waals surface area contributed by atoms with Gasteiger partial charge in [-0.3, -0.25) is 0 Å². The summed E-state index contributed by atoms with van der Waals surface area (Å²) in [5.41, 5.74) is 1.49. The van der Waals surface area contributed by atoms with Crippen molar-refractivity contribution in [3.63, 3.8) is 0 Å². The molecule has 0 saturated carbocycles. The molecule has 110 valence electrons. The molecule has 0 aliphatic rings. The van der Waals surface area contributed by atoms with Crippen LogP contribution in [-0.4, -0.2) is 13.2 Å². The minimum atomic E-state index is 0.515. The molecule has 2 nitrogen and oxygen atoms in total. The van der Waals surface area contributed by atoms with Crippen molar-refractivity contribution in [3.05, 3.63) is 28.6 Å². The first-order chi connectivity index (χ1) is 9.51. The van der Waals surface area contributed by atoms with Crippen molar-refractivity contribution in [1.82, 2.24) is 5.32 Å². The van der Waals surface area contributed by atoms with Crippen molar-refractivity contribution < 1.29 is 4.74 Å². The highest BCUT2D eigenvalue weighted by molar-refractivity contribution is 7.19. The molecule has 0 fully saturated rings. The van der Waals surface area contributed by atoms with Crippen LogP contribution in [0.1, 0.15) is 38.1 Å². The van der Waals surface area contributed by atoms with Crippen molar-refractivity contribution in [2.24, 2.45) is 5.92 Å². The molecule has 1 aromatic heterocycles. The van der Waals surface area contributed by atoms with Crippen LogP contribution >= 0.6 is 11.3 Å². The summed E-state index contributed by atoms with van der Waals surface area (Å²) in [6, 6.07) is 6.93. The van der Waals surface area contributed by atoms with Crippen molar-refractivity contribution in [3.8, 4) is 5.75 Å². The van der Waals surface area contributed by atoms with E-state index < -0.39 is 0 Å². The number of rotatable bonds is 6. The average Bonchev–Trinajstić information content (AvgIpc) is 2.73. The van der Waals surface area contributed by atoms with Gasteiger partial charge in [0.15, 0.2) is 0 Å². The highest BCUT2D eigenvalue weighted by Crippen LogP contribution is 2.35. The largest absolute Gasteiger partial charge is 0.497 e. The lowest BCUT2D eigenvalue weighted by molar-refractivity contribution is 0.415. The second kappa shape index (κ2) is 6.59. The molecule has 0 atom stereocenters. The van der Waals surface area contributed by atoms with Crippen LogP contribution < -0.4 is 10.1 Å². The lowest BCUT2D eigenvalue weighted by Gasteiger charge is -2.11. The number of ether oxygens (including phenoxy) is 1. The zero-order valence-corrected chi connectivity index (χ0v) is 13.9. The summed E-state index contributed by atoms with van der Waals surface area (Å²) < 4.78 is 6.74. The number of hydrogen-bond acceptors (Lipinski definition) is 3. The van der Waals surface area contributed by atoms with E-state index in [1.165, 1.54) is 20.5 Å². The van der Waals surface area contributed by atoms with Crippen molar-refractivity contribution in [2.45, 2.75) is 46.7 Å². The standard InChI is InChI=1S/C17H25NOS/c1-11(2)8-14-15-9-13(19-5)6-7-16(15)20-17(14)10-18-12(3)4/h6-7,9,11-12,18H,8,10H2,1-5H3. The van der Waals surface area contributed by atoms with Crippen molar-refractivity contribution >= 4 is 21.4 Å². The number of thiophene rings is 1. The van der Waals surface area contributed by atoms with E-state index in [1.807, 2.05) is 11.3 Å². The first-order valence-electron chi connectivity index (χ1n) is 7.33. The number of hydrogen-bond donors (Lipinski definition) is 1. The molecule has 0 radical (unpaired) electrons. The second-order valence-electron chi connectivity index (χ2n) is 6.00. The van der Waals surface area contributed by atoms with Crippen LogP contribution in [0.3, 0.4) is 0 Å². The van der Waals surface area contributed by atoms with Gasteiger partial charge in [-0.05, 0) is 41.5 Å². The van der Waals surface area contributed by atoms with Gasteiger partial charge in [0.25, 0.3) is 0 Å². The van der Waals surface area contributed by atoms with Gasteiger partial charge in [0.1, 0.15) is 5.75 Å². The summed E-state index contributed by atoms with van der Waals surface area (Å²) in [5, 5.41) is 4.91. The van der Waals surface area contributed by atoms with E-state index in [-0.39, 0.29) is 0 Å². The Hall–Kier alpha value is -1.06. The summed E-state index contributed by atoms with van der Waals surface area (Å²) in [7, 11) is 1.73. The Morgan fingerprint density at radius 1 is 1.20 bits per heavy atom. The number of benzene rings is 1. The maximum absolute atomic E-state index is 5.38. The van der Waals surface area contributed by atoms with Gasteiger partial charge in [0.2, 0.25) is 0 Å². The van der Waals surface area contributed by atoms with Crippen LogP contribution in [0, 0.1) is 5.92 Å². The Morgan fingerprint density at radius 2 is 1.95 bits per heavy atom. The minimum absolute atomic E-state index is 0.515. The predicted molar refractivity (Wildman–Crippen MR) is 88.9 cm³/mol. The van der Waals surface area contributed by atoms with Crippen LogP contribution in [0.4, 0.5) is 0 Å². The van der Waals surface area contributed by atoms with E-state index in [2.05, 4.69) is 51.2 Å². The molecule has 0 amide bonds. The maximum atomic E-state index is 5.38. The van der Waals surface area contributed by atoms with Crippen molar-refractivity contribution in [2.75, 3.05) is 7.11 Å². The molecule has 2 aromatic rings.